The number of nitrogen functional groups attached to an aromatic ring is 1. The summed E-state index contributed by atoms with van der Waals surface area (Å²) in [5.41, 5.74) is 8.06. The van der Waals surface area contributed by atoms with Gasteiger partial charge < -0.3 is 10.6 Å². The van der Waals surface area contributed by atoms with Crippen molar-refractivity contribution in [3.05, 3.63) is 54.0 Å². The van der Waals surface area contributed by atoms with Crippen LogP contribution in [0.2, 0.25) is 0 Å². The second-order valence-electron chi connectivity index (χ2n) is 4.43. The Hall–Kier alpha value is -1.94. The normalized spacial score (nSPS) is 10.8. The third kappa shape index (κ3) is 3.82. The summed E-state index contributed by atoms with van der Waals surface area (Å²) in [7, 11) is 2.11. The molecule has 0 aliphatic heterocycles. The largest absolute Gasteiger partial charge is 0.384 e. The highest BCUT2D eigenvalue weighted by Crippen LogP contribution is 2.05. The Labute approximate surface area is 107 Å². The van der Waals surface area contributed by atoms with Crippen molar-refractivity contribution in [3.8, 4) is 0 Å². The number of nitrogens with two attached hydrogens (primary N) is 1. The maximum Gasteiger partial charge on any atom is 0.123 e. The molecule has 2 rings (SSSR count). The molecule has 0 aliphatic carbocycles. The molecule has 0 radical (unpaired) electrons. The van der Waals surface area contributed by atoms with E-state index in [9.17, 15) is 0 Å². The van der Waals surface area contributed by atoms with Crippen molar-refractivity contribution in [1.29, 1.82) is 0 Å². The average Bonchev–Trinajstić information content (AvgIpc) is 2.40. The van der Waals surface area contributed by atoms with Crippen molar-refractivity contribution in [1.82, 2.24) is 14.9 Å². The lowest BCUT2D eigenvalue weighted by Gasteiger charge is -2.16. The highest BCUT2D eigenvalue weighted by molar-refractivity contribution is 5.29. The van der Waals surface area contributed by atoms with E-state index in [0.29, 0.717) is 5.82 Å². The zero-order valence-electron chi connectivity index (χ0n) is 10.6. The van der Waals surface area contributed by atoms with Crippen LogP contribution in [0.3, 0.4) is 0 Å². The van der Waals surface area contributed by atoms with Gasteiger partial charge in [0, 0.05) is 31.7 Å². The summed E-state index contributed by atoms with van der Waals surface area (Å²) in [4.78, 5) is 10.4. The summed E-state index contributed by atoms with van der Waals surface area (Å²) in [6.07, 6.45) is 6.53. The number of nitrogens with zero attached hydrogens (tertiary/aromatic N) is 3. The fourth-order valence-electron chi connectivity index (χ4n) is 1.79. The molecule has 0 saturated carbocycles. The third-order valence-corrected chi connectivity index (χ3v) is 2.83. The molecular formula is C14H18N4. The van der Waals surface area contributed by atoms with Crippen LogP contribution < -0.4 is 5.73 Å². The lowest BCUT2D eigenvalue weighted by atomic mass is 10.2. The zero-order valence-corrected chi connectivity index (χ0v) is 10.6. The minimum Gasteiger partial charge on any atom is -0.384 e. The van der Waals surface area contributed by atoms with Crippen LogP contribution in [-0.4, -0.2) is 28.5 Å². The van der Waals surface area contributed by atoms with Gasteiger partial charge in [0.15, 0.2) is 0 Å². The molecule has 2 heterocycles. The van der Waals surface area contributed by atoms with Gasteiger partial charge in [-0.2, -0.15) is 0 Å². The van der Waals surface area contributed by atoms with Crippen LogP contribution in [0, 0.1) is 0 Å². The first-order valence-corrected chi connectivity index (χ1v) is 6.02. The fraction of sp³-hybridized carbons (Fsp3) is 0.286. The van der Waals surface area contributed by atoms with E-state index in [2.05, 4.69) is 34.0 Å². The topological polar surface area (TPSA) is 55.0 Å². The molecular weight excluding hydrogens is 224 g/mol. The van der Waals surface area contributed by atoms with Crippen LogP contribution in [0.4, 0.5) is 5.82 Å². The van der Waals surface area contributed by atoms with E-state index >= 15 is 0 Å². The van der Waals surface area contributed by atoms with E-state index in [1.54, 1.807) is 0 Å². The van der Waals surface area contributed by atoms with Crippen LogP contribution in [0.15, 0.2) is 42.9 Å². The van der Waals surface area contributed by atoms with E-state index < -0.39 is 0 Å². The number of aromatic nitrogens is 2. The maximum absolute atomic E-state index is 5.56. The lowest BCUT2D eigenvalue weighted by Crippen LogP contribution is -2.20. The summed E-state index contributed by atoms with van der Waals surface area (Å²) in [6.45, 7) is 1.90. The van der Waals surface area contributed by atoms with Gasteiger partial charge >= 0.3 is 0 Å². The highest BCUT2D eigenvalue weighted by atomic mass is 15.1. The quantitative estimate of drug-likeness (QED) is 0.867. The molecule has 0 amide bonds. The Morgan fingerprint density at radius 3 is 2.56 bits per heavy atom. The van der Waals surface area contributed by atoms with E-state index in [0.717, 1.165) is 19.5 Å². The molecule has 0 atom stereocenters. The number of likely N-dealkylation sites (N-methyl/N-ethyl adjacent to an activating group) is 1. The fourth-order valence-corrected chi connectivity index (χ4v) is 1.79. The number of rotatable bonds is 5. The summed E-state index contributed by atoms with van der Waals surface area (Å²) in [6, 6.07) is 7.97. The van der Waals surface area contributed by atoms with E-state index in [-0.39, 0.29) is 0 Å². The van der Waals surface area contributed by atoms with Crippen molar-refractivity contribution in [3.63, 3.8) is 0 Å². The monoisotopic (exact) mass is 242 g/mol. The van der Waals surface area contributed by atoms with Gasteiger partial charge in [-0.15, -0.1) is 0 Å². The van der Waals surface area contributed by atoms with Crippen molar-refractivity contribution in [2.45, 2.75) is 13.0 Å². The van der Waals surface area contributed by atoms with Gasteiger partial charge in [0.05, 0.1) is 0 Å². The van der Waals surface area contributed by atoms with Crippen LogP contribution in [-0.2, 0) is 13.0 Å². The average molecular weight is 242 g/mol. The summed E-state index contributed by atoms with van der Waals surface area (Å²) < 4.78 is 0. The minimum atomic E-state index is 0.568. The maximum atomic E-state index is 5.56. The Balaban J connectivity index is 1.82. The molecule has 0 bridgehead atoms. The molecule has 4 heteroatoms. The van der Waals surface area contributed by atoms with E-state index in [1.807, 2.05) is 30.7 Å². The van der Waals surface area contributed by atoms with Gasteiger partial charge in [-0.1, -0.05) is 6.07 Å². The highest BCUT2D eigenvalue weighted by Gasteiger charge is 2.01. The first-order chi connectivity index (χ1) is 8.74. The Kier molecular flexibility index (Phi) is 4.25. The molecule has 18 heavy (non-hydrogen) atoms. The molecule has 2 N–H and O–H groups in total. The summed E-state index contributed by atoms with van der Waals surface area (Å²) in [5, 5.41) is 0. The van der Waals surface area contributed by atoms with Crippen LogP contribution in [0.5, 0.6) is 0 Å². The second-order valence-corrected chi connectivity index (χ2v) is 4.43. The molecule has 0 aliphatic rings. The summed E-state index contributed by atoms with van der Waals surface area (Å²) in [5.74, 6) is 0.568. The third-order valence-electron chi connectivity index (χ3n) is 2.83. The van der Waals surface area contributed by atoms with E-state index in [4.69, 9.17) is 5.73 Å². The Morgan fingerprint density at radius 2 is 1.89 bits per heavy atom. The molecule has 2 aromatic rings. The second kappa shape index (κ2) is 6.12. The lowest BCUT2D eigenvalue weighted by molar-refractivity contribution is 0.331. The number of hydrogen-bond acceptors (Lipinski definition) is 4. The first-order valence-electron chi connectivity index (χ1n) is 6.02. The van der Waals surface area contributed by atoms with Gasteiger partial charge in [0.25, 0.3) is 0 Å². The number of anilines is 1. The van der Waals surface area contributed by atoms with Crippen molar-refractivity contribution >= 4 is 5.82 Å². The van der Waals surface area contributed by atoms with Crippen LogP contribution in [0.1, 0.15) is 11.1 Å². The van der Waals surface area contributed by atoms with Gasteiger partial charge in [0.2, 0.25) is 0 Å². The smallest absolute Gasteiger partial charge is 0.123 e. The van der Waals surface area contributed by atoms with Gasteiger partial charge in [0.1, 0.15) is 5.82 Å². The molecule has 0 saturated heterocycles. The van der Waals surface area contributed by atoms with Crippen LogP contribution >= 0.6 is 0 Å². The molecule has 4 nitrogen and oxygen atoms in total. The van der Waals surface area contributed by atoms with Crippen LogP contribution in [0.25, 0.3) is 0 Å². The van der Waals surface area contributed by atoms with Crippen molar-refractivity contribution in [2.24, 2.45) is 0 Å². The summed E-state index contributed by atoms with van der Waals surface area (Å²) >= 11 is 0. The first kappa shape index (κ1) is 12.5. The molecule has 0 aromatic carbocycles. The Morgan fingerprint density at radius 1 is 1.11 bits per heavy atom. The molecule has 0 unspecified atom stereocenters. The molecule has 0 fully saturated rings. The van der Waals surface area contributed by atoms with Gasteiger partial charge in [-0.25, -0.2) is 4.98 Å². The van der Waals surface area contributed by atoms with Gasteiger partial charge in [-0.3, -0.25) is 4.98 Å². The minimum absolute atomic E-state index is 0.568. The van der Waals surface area contributed by atoms with Crippen molar-refractivity contribution < 1.29 is 0 Å². The zero-order chi connectivity index (χ0) is 12.8. The SMILES string of the molecule is CN(CCc1ccncc1)Cc1ccc(N)nc1. The molecule has 94 valence electrons. The van der Waals surface area contributed by atoms with Crippen molar-refractivity contribution in [2.75, 3.05) is 19.3 Å². The molecule has 0 spiro atoms. The Bertz CT molecular complexity index is 467. The van der Waals surface area contributed by atoms with Gasteiger partial charge in [-0.05, 0) is 42.8 Å². The van der Waals surface area contributed by atoms with E-state index in [1.165, 1.54) is 11.1 Å². The predicted molar refractivity (Wildman–Crippen MR) is 72.9 cm³/mol. The number of hydrogen-bond donors (Lipinski definition) is 1. The standard InChI is InChI=1S/C14H18N4/c1-18(9-6-12-4-7-16-8-5-12)11-13-2-3-14(15)17-10-13/h2-5,7-8,10H,6,9,11H2,1H3,(H2,15,17). The number of pyridine rings is 2. The predicted octanol–water partition coefficient (Wildman–Crippen LogP) is 1.73. The molecule has 2 aromatic heterocycles.